The van der Waals surface area contributed by atoms with E-state index in [1.807, 2.05) is 43.8 Å². The molecule has 0 aliphatic carbocycles. The number of rotatable bonds is 6. The van der Waals surface area contributed by atoms with Crippen LogP contribution in [0.25, 0.3) is 0 Å². The molecule has 18 heavy (non-hydrogen) atoms. The first kappa shape index (κ1) is 14.8. The fourth-order valence-corrected chi connectivity index (χ4v) is 1.99. The van der Waals surface area contributed by atoms with Crippen LogP contribution in [0.3, 0.4) is 0 Å². The van der Waals surface area contributed by atoms with Gasteiger partial charge in [-0.15, -0.1) is 0 Å². The zero-order valence-electron chi connectivity index (χ0n) is 11.6. The van der Waals surface area contributed by atoms with E-state index in [1.54, 1.807) is 0 Å². The first-order valence-electron chi connectivity index (χ1n) is 6.33. The van der Waals surface area contributed by atoms with Crippen molar-refractivity contribution < 1.29 is 14.6 Å². The SMILES string of the molecule is CCCC(O)c1ccn(CC(C)(C)C(=O)OC)c1. The highest BCUT2D eigenvalue weighted by Crippen LogP contribution is 2.23. The first-order chi connectivity index (χ1) is 8.40. The predicted octanol–water partition coefficient (Wildman–Crippen LogP) is 2.52. The van der Waals surface area contributed by atoms with Gasteiger partial charge in [0, 0.05) is 18.9 Å². The molecule has 0 bridgehead atoms. The van der Waals surface area contributed by atoms with Gasteiger partial charge in [0.1, 0.15) is 0 Å². The molecule has 1 N–H and O–H groups in total. The monoisotopic (exact) mass is 253 g/mol. The molecule has 1 aromatic heterocycles. The number of aliphatic hydroxyl groups excluding tert-OH is 1. The fraction of sp³-hybridized carbons (Fsp3) is 0.643. The number of methoxy groups -OCH3 is 1. The summed E-state index contributed by atoms with van der Waals surface area (Å²) in [5.41, 5.74) is 0.332. The number of esters is 1. The maximum absolute atomic E-state index is 11.6. The molecule has 4 nitrogen and oxygen atoms in total. The molecule has 1 rings (SSSR count). The Hall–Kier alpha value is -1.29. The molecule has 0 fully saturated rings. The van der Waals surface area contributed by atoms with Crippen LogP contribution in [-0.4, -0.2) is 22.8 Å². The van der Waals surface area contributed by atoms with E-state index in [2.05, 4.69) is 0 Å². The Labute approximate surface area is 109 Å². The topological polar surface area (TPSA) is 51.5 Å². The van der Waals surface area contributed by atoms with Gasteiger partial charge in [-0.3, -0.25) is 4.79 Å². The second-order valence-electron chi connectivity index (χ2n) is 5.30. The van der Waals surface area contributed by atoms with Gasteiger partial charge >= 0.3 is 5.97 Å². The van der Waals surface area contributed by atoms with E-state index < -0.39 is 11.5 Å². The lowest BCUT2D eigenvalue weighted by Crippen LogP contribution is -2.30. The summed E-state index contributed by atoms with van der Waals surface area (Å²) in [5, 5.41) is 9.88. The Morgan fingerprint density at radius 3 is 2.78 bits per heavy atom. The Morgan fingerprint density at radius 1 is 1.56 bits per heavy atom. The summed E-state index contributed by atoms with van der Waals surface area (Å²) >= 11 is 0. The number of hydrogen-bond donors (Lipinski definition) is 1. The van der Waals surface area contributed by atoms with Gasteiger partial charge in [0.2, 0.25) is 0 Å². The molecule has 0 aromatic carbocycles. The maximum Gasteiger partial charge on any atom is 0.313 e. The van der Waals surface area contributed by atoms with Crippen LogP contribution in [0.4, 0.5) is 0 Å². The van der Waals surface area contributed by atoms with Crippen LogP contribution in [0.15, 0.2) is 18.5 Å². The largest absolute Gasteiger partial charge is 0.469 e. The molecule has 1 heterocycles. The zero-order valence-corrected chi connectivity index (χ0v) is 11.6. The van der Waals surface area contributed by atoms with Crippen molar-refractivity contribution in [2.75, 3.05) is 7.11 Å². The molecule has 0 spiro atoms. The molecule has 0 amide bonds. The number of carbonyl (C=O) groups excluding carboxylic acids is 1. The Balaban J connectivity index is 2.72. The summed E-state index contributed by atoms with van der Waals surface area (Å²) in [7, 11) is 1.40. The summed E-state index contributed by atoms with van der Waals surface area (Å²) in [4.78, 5) is 11.6. The molecule has 4 heteroatoms. The standard InChI is InChI=1S/C14H23NO3/c1-5-6-12(16)11-7-8-15(9-11)10-14(2,3)13(17)18-4/h7-9,12,16H,5-6,10H2,1-4H3. The van der Waals surface area contributed by atoms with Gasteiger partial charge in [-0.2, -0.15) is 0 Å². The number of nitrogens with zero attached hydrogens (tertiary/aromatic N) is 1. The zero-order chi connectivity index (χ0) is 13.8. The van der Waals surface area contributed by atoms with E-state index in [4.69, 9.17) is 4.74 Å². The van der Waals surface area contributed by atoms with Crippen molar-refractivity contribution in [1.82, 2.24) is 4.57 Å². The normalized spacial score (nSPS) is 13.4. The van der Waals surface area contributed by atoms with E-state index in [0.717, 1.165) is 18.4 Å². The average molecular weight is 253 g/mol. The van der Waals surface area contributed by atoms with E-state index >= 15 is 0 Å². The average Bonchev–Trinajstić information content (AvgIpc) is 2.76. The molecule has 0 saturated heterocycles. The summed E-state index contributed by atoms with van der Waals surface area (Å²) in [6, 6.07) is 1.90. The van der Waals surface area contributed by atoms with Crippen molar-refractivity contribution in [3.05, 3.63) is 24.0 Å². The highest BCUT2D eigenvalue weighted by molar-refractivity contribution is 5.75. The highest BCUT2D eigenvalue weighted by Gasteiger charge is 2.29. The quantitative estimate of drug-likeness (QED) is 0.793. The number of hydrogen-bond acceptors (Lipinski definition) is 3. The van der Waals surface area contributed by atoms with Gasteiger partial charge in [0.15, 0.2) is 0 Å². The molecule has 1 aromatic rings. The van der Waals surface area contributed by atoms with Crippen LogP contribution in [0.2, 0.25) is 0 Å². The third-order valence-electron chi connectivity index (χ3n) is 3.04. The van der Waals surface area contributed by atoms with Crippen molar-refractivity contribution in [3.8, 4) is 0 Å². The van der Waals surface area contributed by atoms with Crippen molar-refractivity contribution in [2.24, 2.45) is 5.41 Å². The van der Waals surface area contributed by atoms with Gasteiger partial charge in [0.05, 0.1) is 18.6 Å². The highest BCUT2D eigenvalue weighted by atomic mass is 16.5. The smallest absolute Gasteiger partial charge is 0.313 e. The lowest BCUT2D eigenvalue weighted by atomic mass is 9.94. The summed E-state index contributed by atoms with van der Waals surface area (Å²) in [6.07, 6.45) is 5.06. The molecule has 1 unspecified atom stereocenters. The van der Waals surface area contributed by atoms with Crippen LogP contribution in [-0.2, 0) is 16.1 Å². The minimum absolute atomic E-state index is 0.230. The van der Waals surface area contributed by atoms with Crippen molar-refractivity contribution in [2.45, 2.75) is 46.3 Å². The summed E-state index contributed by atoms with van der Waals surface area (Å²) < 4.78 is 6.70. The Morgan fingerprint density at radius 2 is 2.22 bits per heavy atom. The van der Waals surface area contributed by atoms with Crippen LogP contribution in [0.5, 0.6) is 0 Å². The third-order valence-corrected chi connectivity index (χ3v) is 3.04. The van der Waals surface area contributed by atoms with Gasteiger partial charge in [-0.1, -0.05) is 13.3 Å². The first-order valence-corrected chi connectivity index (χ1v) is 6.33. The van der Waals surface area contributed by atoms with Crippen LogP contribution in [0, 0.1) is 5.41 Å². The van der Waals surface area contributed by atoms with Crippen LogP contribution in [0.1, 0.15) is 45.3 Å². The van der Waals surface area contributed by atoms with E-state index in [0.29, 0.717) is 6.54 Å². The molecular weight excluding hydrogens is 230 g/mol. The second-order valence-corrected chi connectivity index (χ2v) is 5.30. The molecule has 0 radical (unpaired) electrons. The van der Waals surface area contributed by atoms with Gasteiger partial charge < -0.3 is 14.4 Å². The molecule has 0 aliphatic rings. The van der Waals surface area contributed by atoms with Crippen molar-refractivity contribution in [3.63, 3.8) is 0 Å². The molecule has 0 saturated carbocycles. The Kier molecular flexibility index (Phi) is 4.96. The molecular formula is C14H23NO3. The second kappa shape index (κ2) is 6.05. The van der Waals surface area contributed by atoms with Crippen molar-refractivity contribution in [1.29, 1.82) is 0 Å². The number of carbonyl (C=O) groups is 1. The number of ether oxygens (including phenoxy) is 1. The number of aliphatic hydroxyl groups is 1. The molecule has 0 aliphatic heterocycles. The van der Waals surface area contributed by atoms with Gasteiger partial charge in [-0.05, 0) is 31.9 Å². The fourth-order valence-electron chi connectivity index (χ4n) is 1.99. The lowest BCUT2D eigenvalue weighted by Gasteiger charge is -2.22. The van der Waals surface area contributed by atoms with Crippen molar-refractivity contribution >= 4 is 5.97 Å². The van der Waals surface area contributed by atoms with E-state index in [9.17, 15) is 9.90 Å². The van der Waals surface area contributed by atoms with E-state index in [-0.39, 0.29) is 5.97 Å². The molecule has 102 valence electrons. The number of aromatic nitrogens is 1. The Bertz CT molecular complexity index is 395. The molecule has 1 atom stereocenters. The van der Waals surface area contributed by atoms with Crippen LogP contribution < -0.4 is 0 Å². The van der Waals surface area contributed by atoms with Gasteiger partial charge in [-0.25, -0.2) is 0 Å². The van der Waals surface area contributed by atoms with E-state index in [1.165, 1.54) is 7.11 Å². The van der Waals surface area contributed by atoms with Crippen LogP contribution >= 0.6 is 0 Å². The van der Waals surface area contributed by atoms with Gasteiger partial charge in [0.25, 0.3) is 0 Å². The third kappa shape index (κ3) is 3.60. The maximum atomic E-state index is 11.6. The summed E-state index contributed by atoms with van der Waals surface area (Å²) in [5.74, 6) is -0.230. The summed E-state index contributed by atoms with van der Waals surface area (Å²) in [6.45, 7) is 6.28. The predicted molar refractivity (Wildman–Crippen MR) is 70.1 cm³/mol. The minimum atomic E-state index is -0.569. The minimum Gasteiger partial charge on any atom is -0.469 e. The lowest BCUT2D eigenvalue weighted by molar-refractivity contribution is -0.151.